The predicted molar refractivity (Wildman–Crippen MR) is 153 cm³/mol. The summed E-state index contributed by atoms with van der Waals surface area (Å²) in [4.78, 5) is 39.0. The molecule has 4 heterocycles. The zero-order valence-electron chi connectivity index (χ0n) is 22.2. The summed E-state index contributed by atoms with van der Waals surface area (Å²) in [5.74, 6) is 0.756. The molecule has 13 heteroatoms. The summed E-state index contributed by atoms with van der Waals surface area (Å²) in [6.07, 6.45) is 7.91. The molecule has 3 aromatic heterocycles. The quantitative estimate of drug-likeness (QED) is 0.247. The van der Waals surface area contributed by atoms with E-state index in [0.717, 1.165) is 31.2 Å². The van der Waals surface area contributed by atoms with E-state index < -0.39 is 5.41 Å². The van der Waals surface area contributed by atoms with Crippen molar-refractivity contribution in [2.24, 2.45) is 11.3 Å². The number of hydrogen-bond acceptors (Lipinski definition) is 9. The van der Waals surface area contributed by atoms with Crippen molar-refractivity contribution in [1.29, 1.82) is 0 Å². The third kappa shape index (κ3) is 4.94. The summed E-state index contributed by atoms with van der Waals surface area (Å²) in [6, 6.07) is 5.65. The zero-order chi connectivity index (χ0) is 27.9. The Hall–Kier alpha value is -3.84. The molecule has 40 heavy (non-hydrogen) atoms. The zero-order valence-corrected chi connectivity index (χ0v) is 23.8. The van der Waals surface area contributed by atoms with Crippen molar-refractivity contribution >= 4 is 50.4 Å². The van der Waals surface area contributed by atoms with Crippen LogP contribution in [-0.2, 0) is 9.59 Å². The summed E-state index contributed by atoms with van der Waals surface area (Å²) in [7, 11) is 1.67. The fourth-order valence-electron chi connectivity index (χ4n) is 5.60. The summed E-state index contributed by atoms with van der Waals surface area (Å²) in [6.45, 7) is 3.46. The Labute approximate surface area is 238 Å². The van der Waals surface area contributed by atoms with Gasteiger partial charge in [0.25, 0.3) is 0 Å². The van der Waals surface area contributed by atoms with Gasteiger partial charge in [0.15, 0.2) is 5.65 Å². The highest BCUT2D eigenvalue weighted by atomic mass is 79.9. The SMILES string of the molecule is CNC(=O)[C@]1(C)CC[C@@H](Nc2ncc3c(Br)nn(-c4ccc(-c5ncco5)c(NC(=O)[C@@H]5CCNC5)c4)c3n2)C1. The maximum absolute atomic E-state index is 13.0. The number of anilines is 2. The average Bonchev–Trinajstić information content (AvgIpc) is 3.77. The lowest BCUT2D eigenvalue weighted by atomic mass is 9.87. The predicted octanol–water partition coefficient (Wildman–Crippen LogP) is 3.50. The summed E-state index contributed by atoms with van der Waals surface area (Å²) >= 11 is 3.54. The number of carbonyl (C=O) groups excluding carboxylic acids is 2. The number of nitrogens with one attached hydrogen (secondary N) is 4. The van der Waals surface area contributed by atoms with Gasteiger partial charge in [-0.3, -0.25) is 9.59 Å². The first-order chi connectivity index (χ1) is 19.3. The van der Waals surface area contributed by atoms with Crippen molar-refractivity contribution in [2.45, 2.75) is 38.6 Å². The largest absolute Gasteiger partial charge is 0.444 e. The number of aromatic nitrogens is 5. The molecule has 1 aliphatic heterocycles. The smallest absolute Gasteiger partial charge is 0.228 e. The van der Waals surface area contributed by atoms with Crippen LogP contribution in [0.2, 0.25) is 0 Å². The normalized spacial score (nSPS) is 22.5. The van der Waals surface area contributed by atoms with Crippen LogP contribution >= 0.6 is 15.9 Å². The lowest BCUT2D eigenvalue weighted by Gasteiger charge is -2.22. The van der Waals surface area contributed by atoms with Gasteiger partial charge in [-0.25, -0.2) is 14.6 Å². The van der Waals surface area contributed by atoms with Crippen molar-refractivity contribution < 1.29 is 14.0 Å². The Kier molecular flexibility index (Phi) is 7.00. The molecule has 6 rings (SSSR count). The van der Waals surface area contributed by atoms with Gasteiger partial charge in [-0.15, -0.1) is 0 Å². The molecule has 2 aliphatic rings. The van der Waals surface area contributed by atoms with Gasteiger partial charge in [-0.1, -0.05) is 6.92 Å². The lowest BCUT2D eigenvalue weighted by molar-refractivity contribution is -0.129. The van der Waals surface area contributed by atoms with E-state index in [4.69, 9.17) is 9.40 Å². The van der Waals surface area contributed by atoms with Crippen molar-refractivity contribution in [3.05, 3.63) is 41.5 Å². The van der Waals surface area contributed by atoms with Gasteiger partial charge in [0.05, 0.1) is 34.4 Å². The monoisotopic (exact) mass is 607 g/mol. The second-order valence-corrected chi connectivity index (χ2v) is 11.4. The van der Waals surface area contributed by atoms with Crippen LogP contribution in [0.5, 0.6) is 0 Å². The third-order valence-corrected chi connectivity index (χ3v) is 8.41. The molecular formula is C27H30BrN9O3. The average molecular weight is 609 g/mol. The van der Waals surface area contributed by atoms with Crippen LogP contribution in [0.4, 0.5) is 11.6 Å². The number of rotatable bonds is 7. The number of carbonyl (C=O) groups is 2. The number of halogens is 1. The molecule has 12 nitrogen and oxygen atoms in total. The molecule has 1 saturated carbocycles. The third-order valence-electron chi connectivity index (χ3n) is 7.83. The van der Waals surface area contributed by atoms with E-state index in [0.29, 0.717) is 52.0 Å². The molecule has 208 valence electrons. The summed E-state index contributed by atoms with van der Waals surface area (Å²) in [5, 5.41) is 17.9. The van der Waals surface area contributed by atoms with Gasteiger partial charge in [-0.2, -0.15) is 10.1 Å². The van der Waals surface area contributed by atoms with E-state index in [1.807, 2.05) is 25.1 Å². The highest BCUT2D eigenvalue weighted by Crippen LogP contribution is 2.39. The van der Waals surface area contributed by atoms with Crippen LogP contribution in [0.25, 0.3) is 28.2 Å². The van der Waals surface area contributed by atoms with Gasteiger partial charge < -0.3 is 25.7 Å². The Balaban J connectivity index is 1.33. The van der Waals surface area contributed by atoms with Crippen LogP contribution in [0.3, 0.4) is 0 Å². The van der Waals surface area contributed by atoms with E-state index in [9.17, 15) is 9.59 Å². The molecule has 3 atom stereocenters. The van der Waals surface area contributed by atoms with E-state index >= 15 is 0 Å². The standard InChI is InChI=1S/C27H30BrN9O3/c1-27(25(39)29-2)7-5-16(12-27)33-26-32-14-19-21(28)36-37(22(19)35-26)17-3-4-18(24-31-9-10-40-24)20(11-17)34-23(38)15-6-8-30-13-15/h3-4,9-11,14-16,30H,5-8,12-13H2,1-2H3,(H,29,39)(H,34,38)(H,32,33,35)/t15-,16-,27-/m1/s1. The first-order valence-corrected chi connectivity index (χ1v) is 14.1. The van der Waals surface area contributed by atoms with E-state index in [2.05, 4.69) is 52.3 Å². The van der Waals surface area contributed by atoms with Crippen LogP contribution in [-0.4, -0.2) is 62.7 Å². The molecule has 4 N–H and O–H groups in total. The van der Waals surface area contributed by atoms with Gasteiger partial charge >= 0.3 is 0 Å². The molecular weight excluding hydrogens is 578 g/mol. The first kappa shape index (κ1) is 26.4. The van der Waals surface area contributed by atoms with E-state index in [1.165, 1.54) is 6.26 Å². The van der Waals surface area contributed by atoms with Crippen LogP contribution in [0.1, 0.15) is 32.6 Å². The molecule has 0 unspecified atom stereocenters. The fourth-order valence-corrected chi connectivity index (χ4v) is 6.03. The maximum Gasteiger partial charge on any atom is 0.228 e. The first-order valence-electron chi connectivity index (χ1n) is 13.3. The van der Waals surface area contributed by atoms with Crippen molar-refractivity contribution in [3.63, 3.8) is 0 Å². The molecule has 4 aromatic rings. The van der Waals surface area contributed by atoms with Gasteiger partial charge in [0.2, 0.25) is 23.7 Å². The maximum atomic E-state index is 13.0. The number of benzene rings is 1. The highest BCUT2D eigenvalue weighted by molar-refractivity contribution is 9.10. The number of fused-ring (bicyclic) bond motifs is 1. The lowest BCUT2D eigenvalue weighted by Crippen LogP contribution is -2.35. The number of nitrogens with zero attached hydrogens (tertiary/aromatic N) is 5. The molecule has 2 amide bonds. The Morgan fingerprint density at radius 1 is 1.25 bits per heavy atom. The van der Waals surface area contributed by atoms with Crippen molar-refractivity contribution in [1.82, 2.24) is 35.4 Å². The molecule has 2 fully saturated rings. The van der Waals surface area contributed by atoms with Crippen molar-refractivity contribution in [2.75, 3.05) is 30.8 Å². The topological polar surface area (TPSA) is 152 Å². The molecule has 1 aliphatic carbocycles. The number of amides is 2. The molecule has 0 radical (unpaired) electrons. The molecule has 0 spiro atoms. The Morgan fingerprint density at radius 3 is 2.88 bits per heavy atom. The fraction of sp³-hybridized carbons (Fsp3) is 0.407. The van der Waals surface area contributed by atoms with E-state index in [-0.39, 0.29) is 23.8 Å². The summed E-state index contributed by atoms with van der Waals surface area (Å²) < 4.78 is 7.85. The number of hydrogen-bond donors (Lipinski definition) is 4. The van der Waals surface area contributed by atoms with Crippen LogP contribution < -0.4 is 21.3 Å². The highest BCUT2D eigenvalue weighted by Gasteiger charge is 2.41. The van der Waals surface area contributed by atoms with Gasteiger partial charge in [0.1, 0.15) is 10.9 Å². The Bertz CT molecular complexity index is 1560. The molecule has 1 saturated heterocycles. The summed E-state index contributed by atoms with van der Waals surface area (Å²) in [5.41, 5.74) is 2.12. The van der Waals surface area contributed by atoms with Gasteiger partial charge in [0, 0.05) is 31.2 Å². The van der Waals surface area contributed by atoms with Crippen LogP contribution in [0.15, 0.2) is 45.9 Å². The number of oxazole rings is 1. The minimum absolute atomic E-state index is 0.0514. The van der Waals surface area contributed by atoms with E-state index in [1.54, 1.807) is 24.1 Å². The second-order valence-electron chi connectivity index (χ2n) is 10.6. The van der Waals surface area contributed by atoms with Gasteiger partial charge in [-0.05, 0) is 66.4 Å². The minimum atomic E-state index is -0.415. The van der Waals surface area contributed by atoms with Crippen molar-refractivity contribution in [3.8, 4) is 17.1 Å². The molecule has 0 bridgehead atoms. The second kappa shape index (κ2) is 10.6. The Morgan fingerprint density at radius 2 is 2.12 bits per heavy atom. The minimum Gasteiger partial charge on any atom is -0.444 e. The molecule has 1 aromatic carbocycles. The van der Waals surface area contributed by atoms with Crippen LogP contribution in [0, 0.1) is 11.3 Å².